The van der Waals surface area contributed by atoms with Crippen molar-refractivity contribution >= 4 is 28.6 Å². The smallest absolute Gasteiger partial charge is 0.270 e. The maximum absolute atomic E-state index is 12.1. The van der Waals surface area contributed by atoms with E-state index in [9.17, 15) is 4.79 Å². The van der Waals surface area contributed by atoms with E-state index < -0.39 is 0 Å². The molecule has 8 heteroatoms. The molecule has 4 aromatic rings. The van der Waals surface area contributed by atoms with Crippen LogP contribution in [-0.2, 0) is 7.05 Å². The largest absolute Gasteiger partial charge is 0.457 e. The third-order valence-electron chi connectivity index (χ3n) is 6.78. The summed E-state index contributed by atoms with van der Waals surface area (Å²) in [5.41, 5.74) is 5.84. The van der Waals surface area contributed by atoms with E-state index >= 15 is 0 Å². The Morgan fingerprint density at radius 2 is 1.94 bits per heavy atom. The molecule has 0 bridgehead atoms. The van der Waals surface area contributed by atoms with Crippen molar-refractivity contribution in [3.8, 4) is 11.5 Å². The van der Waals surface area contributed by atoms with Crippen LogP contribution in [0.4, 0.5) is 11.6 Å². The number of benzene rings is 2. The summed E-state index contributed by atoms with van der Waals surface area (Å²) in [6.45, 7) is 2.23. The van der Waals surface area contributed by atoms with Gasteiger partial charge in [-0.25, -0.2) is 4.98 Å². The molecule has 1 amide bonds. The number of anilines is 2. The van der Waals surface area contributed by atoms with Gasteiger partial charge in [-0.2, -0.15) is 0 Å². The van der Waals surface area contributed by atoms with Crippen LogP contribution in [0.5, 0.6) is 11.5 Å². The van der Waals surface area contributed by atoms with E-state index in [0.717, 1.165) is 22.7 Å². The highest BCUT2D eigenvalue weighted by molar-refractivity contribution is 5.92. The number of imidazole rings is 1. The predicted octanol–water partition coefficient (Wildman–Crippen LogP) is 5.68. The minimum atomic E-state index is -0.363. The van der Waals surface area contributed by atoms with Crippen molar-refractivity contribution in [2.45, 2.75) is 38.5 Å². The Hall–Kier alpha value is -3.91. The Morgan fingerprint density at radius 3 is 2.75 bits per heavy atom. The number of amides is 1. The zero-order chi connectivity index (χ0) is 25.1. The Labute approximate surface area is 213 Å². The molecule has 2 aromatic heterocycles. The number of carbonyl (C=O) groups is 1. The van der Waals surface area contributed by atoms with E-state index in [4.69, 9.17) is 14.8 Å². The van der Waals surface area contributed by atoms with Crippen LogP contribution in [0.2, 0.25) is 0 Å². The monoisotopic (exact) mass is 489 g/mol. The first-order valence-corrected chi connectivity index (χ1v) is 12.4. The average Bonchev–Trinajstić information content (AvgIpc) is 3.52. The van der Waals surface area contributed by atoms with E-state index in [2.05, 4.69) is 40.7 Å². The third kappa shape index (κ3) is 5.04. The van der Waals surface area contributed by atoms with Gasteiger partial charge in [0.05, 0.1) is 17.6 Å². The standard InChI is InChI=1S/C28H31N5O3.2H2/c1-18-7-8-20(15-23(18)19-5-3-4-6-19)31-28-32-24-16-21(9-10-26(24)33(28)2)36-22-11-12-29-25(17-22)27(35)30-13-14-34;;/h7-12,15-17,19,34H,3-6,13-14H2,1-2H3,(H,30,35)(H,31,32);2*1H. The molecule has 0 atom stereocenters. The van der Waals surface area contributed by atoms with Gasteiger partial charge >= 0.3 is 0 Å². The molecule has 0 aliphatic heterocycles. The predicted molar refractivity (Wildman–Crippen MR) is 144 cm³/mol. The van der Waals surface area contributed by atoms with E-state index in [-0.39, 0.29) is 27.6 Å². The fraction of sp³-hybridized carbons (Fsp3) is 0.321. The van der Waals surface area contributed by atoms with Crippen LogP contribution in [0.3, 0.4) is 0 Å². The number of carbonyl (C=O) groups excluding carboxylic acids is 1. The zero-order valence-electron chi connectivity index (χ0n) is 20.6. The molecule has 3 N–H and O–H groups in total. The van der Waals surface area contributed by atoms with Gasteiger partial charge in [0.2, 0.25) is 5.95 Å². The van der Waals surface area contributed by atoms with Crippen molar-refractivity contribution in [2.24, 2.45) is 7.05 Å². The number of rotatable bonds is 8. The maximum atomic E-state index is 12.1. The third-order valence-corrected chi connectivity index (χ3v) is 6.78. The van der Waals surface area contributed by atoms with E-state index in [1.165, 1.54) is 43.0 Å². The topological polar surface area (TPSA) is 101 Å². The molecular formula is C28H35N5O3. The van der Waals surface area contributed by atoms with Gasteiger partial charge in [-0.15, -0.1) is 0 Å². The van der Waals surface area contributed by atoms with Gasteiger partial charge < -0.3 is 25.0 Å². The molecule has 8 nitrogen and oxygen atoms in total. The second-order valence-electron chi connectivity index (χ2n) is 9.28. The Kier molecular flexibility index (Phi) is 6.86. The number of aryl methyl sites for hydroxylation is 2. The summed E-state index contributed by atoms with van der Waals surface area (Å²) in [4.78, 5) is 21.0. The number of hydrogen-bond acceptors (Lipinski definition) is 6. The first-order chi connectivity index (χ1) is 17.5. The van der Waals surface area contributed by atoms with Crippen LogP contribution < -0.4 is 15.4 Å². The molecule has 0 radical (unpaired) electrons. The average molecular weight is 490 g/mol. The number of aliphatic hydroxyl groups is 1. The van der Waals surface area contributed by atoms with Crippen molar-refractivity contribution in [3.05, 3.63) is 71.5 Å². The summed E-state index contributed by atoms with van der Waals surface area (Å²) in [6, 6.07) is 15.6. The molecule has 190 valence electrons. The molecule has 2 heterocycles. The van der Waals surface area contributed by atoms with Crippen molar-refractivity contribution < 1.29 is 17.5 Å². The maximum Gasteiger partial charge on any atom is 0.270 e. The first-order valence-electron chi connectivity index (χ1n) is 12.4. The van der Waals surface area contributed by atoms with Gasteiger partial charge in [0.25, 0.3) is 5.91 Å². The number of nitrogens with zero attached hydrogens (tertiary/aromatic N) is 3. The van der Waals surface area contributed by atoms with Gasteiger partial charge in [0.15, 0.2) is 0 Å². The Bertz CT molecular complexity index is 1400. The lowest BCUT2D eigenvalue weighted by atomic mass is 9.93. The molecule has 1 saturated carbocycles. The highest BCUT2D eigenvalue weighted by Gasteiger charge is 2.19. The zero-order valence-corrected chi connectivity index (χ0v) is 20.6. The molecule has 0 spiro atoms. The van der Waals surface area contributed by atoms with Crippen LogP contribution >= 0.6 is 0 Å². The molecule has 5 rings (SSSR count). The number of ether oxygens (including phenoxy) is 1. The summed E-state index contributed by atoms with van der Waals surface area (Å²) in [5.74, 6) is 2.15. The van der Waals surface area contributed by atoms with Gasteiger partial charge in [-0.3, -0.25) is 9.78 Å². The summed E-state index contributed by atoms with van der Waals surface area (Å²) in [7, 11) is 1.99. The summed E-state index contributed by atoms with van der Waals surface area (Å²) in [6.07, 6.45) is 6.69. The SMILES string of the molecule is Cc1ccc(Nc2nc3cc(Oc4ccnc(C(=O)NCCO)c4)ccc3n2C)cc1C1CCCC1.[HH].[HH]. The van der Waals surface area contributed by atoms with Gasteiger partial charge in [0.1, 0.15) is 17.2 Å². The number of pyridine rings is 1. The van der Waals surface area contributed by atoms with E-state index in [0.29, 0.717) is 17.4 Å². The highest BCUT2D eigenvalue weighted by atomic mass is 16.5. The molecule has 36 heavy (non-hydrogen) atoms. The minimum absolute atomic E-state index is 0. The molecule has 1 aliphatic rings. The highest BCUT2D eigenvalue weighted by Crippen LogP contribution is 2.37. The summed E-state index contributed by atoms with van der Waals surface area (Å²) < 4.78 is 8.03. The quantitative estimate of drug-likeness (QED) is 0.294. The lowest BCUT2D eigenvalue weighted by Gasteiger charge is -2.15. The lowest BCUT2D eigenvalue weighted by Crippen LogP contribution is -2.27. The van der Waals surface area contributed by atoms with E-state index in [1.54, 1.807) is 12.1 Å². The van der Waals surface area contributed by atoms with Gasteiger partial charge in [-0.1, -0.05) is 18.9 Å². The van der Waals surface area contributed by atoms with Crippen LogP contribution in [0, 0.1) is 6.92 Å². The minimum Gasteiger partial charge on any atom is -0.457 e. The fourth-order valence-electron chi connectivity index (χ4n) is 4.87. The number of aromatic nitrogens is 3. The van der Waals surface area contributed by atoms with Crippen LogP contribution in [0.1, 0.15) is 56.1 Å². The van der Waals surface area contributed by atoms with Crippen molar-refractivity contribution in [2.75, 3.05) is 18.5 Å². The first kappa shape index (κ1) is 23.8. The summed E-state index contributed by atoms with van der Waals surface area (Å²) in [5, 5.41) is 15.0. The normalized spacial score (nSPS) is 13.8. The summed E-state index contributed by atoms with van der Waals surface area (Å²) >= 11 is 0. The number of hydrogen-bond donors (Lipinski definition) is 3. The number of nitrogens with one attached hydrogen (secondary N) is 2. The molecule has 1 fully saturated rings. The van der Waals surface area contributed by atoms with Crippen molar-refractivity contribution in [1.82, 2.24) is 19.9 Å². The lowest BCUT2D eigenvalue weighted by molar-refractivity contribution is 0.0939. The van der Waals surface area contributed by atoms with Crippen LogP contribution in [0.15, 0.2) is 54.7 Å². The molecule has 0 unspecified atom stereocenters. The second kappa shape index (κ2) is 10.4. The number of aliphatic hydroxyl groups excluding tert-OH is 1. The van der Waals surface area contributed by atoms with E-state index in [1.807, 2.05) is 29.8 Å². The van der Waals surface area contributed by atoms with Gasteiger partial charge in [0, 0.05) is 40.5 Å². The second-order valence-corrected chi connectivity index (χ2v) is 9.28. The van der Waals surface area contributed by atoms with Crippen molar-refractivity contribution in [1.29, 1.82) is 0 Å². The van der Waals surface area contributed by atoms with Gasteiger partial charge in [-0.05, 0) is 67.1 Å². The Balaban J connectivity index is 0.00000200. The van der Waals surface area contributed by atoms with Crippen molar-refractivity contribution in [3.63, 3.8) is 0 Å². The van der Waals surface area contributed by atoms with Crippen LogP contribution in [0.25, 0.3) is 11.0 Å². The number of fused-ring (bicyclic) bond motifs is 1. The molecule has 0 saturated heterocycles. The Morgan fingerprint density at radius 1 is 1.14 bits per heavy atom. The van der Waals surface area contributed by atoms with Crippen LogP contribution in [-0.4, -0.2) is 38.7 Å². The fourth-order valence-corrected chi connectivity index (χ4v) is 4.87. The molecular weight excluding hydrogens is 454 g/mol. The molecule has 1 aliphatic carbocycles. The molecule has 2 aromatic carbocycles.